The first-order valence-electron chi connectivity index (χ1n) is 10.3. The van der Waals surface area contributed by atoms with Crippen LogP contribution >= 0.6 is 0 Å². The smallest absolute Gasteiger partial charge is 0.337 e. The lowest BCUT2D eigenvalue weighted by atomic mass is 9.96. The maximum Gasteiger partial charge on any atom is 0.337 e. The summed E-state index contributed by atoms with van der Waals surface area (Å²) in [6.45, 7) is 0. The fourth-order valence-corrected chi connectivity index (χ4v) is 3.94. The van der Waals surface area contributed by atoms with Crippen molar-refractivity contribution in [2.45, 2.75) is 18.9 Å². The highest BCUT2D eigenvalue weighted by atomic mass is 19.1. The Morgan fingerprint density at radius 3 is 2.24 bits per heavy atom. The van der Waals surface area contributed by atoms with Crippen LogP contribution in [0.15, 0.2) is 62.9 Å². The standard InChI is InChI=1S/C23H17BF2N4O3/c1-28-18(31)11-17(27-13-7-5-12(24)6-8-13)19-21(28)30(20-15(25)3-2-4-16(20)26)23(33)29(22(19)32)14-9-10-14/h2-8,11,14,27H,9-10H2,1H3. The van der Waals surface area contributed by atoms with Crippen molar-refractivity contribution in [3.05, 3.63) is 91.4 Å². The molecule has 0 atom stereocenters. The number of pyridine rings is 1. The van der Waals surface area contributed by atoms with E-state index in [0.717, 1.165) is 25.8 Å². The van der Waals surface area contributed by atoms with Gasteiger partial charge in [0.25, 0.3) is 11.1 Å². The van der Waals surface area contributed by atoms with Crippen molar-refractivity contribution in [2.24, 2.45) is 7.05 Å². The van der Waals surface area contributed by atoms with E-state index >= 15 is 0 Å². The molecule has 1 aliphatic carbocycles. The highest BCUT2D eigenvalue weighted by Crippen LogP contribution is 2.33. The van der Waals surface area contributed by atoms with E-state index in [1.807, 2.05) is 0 Å². The molecule has 0 aliphatic heterocycles. The van der Waals surface area contributed by atoms with Crippen molar-refractivity contribution < 1.29 is 8.78 Å². The van der Waals surface area contributed by atoms with Crippen molar-refractivity contribution in [1.29, 1.82) is 0 Å². The number of hydrogen-bond donors (Lipinski definition) is 1. The van der Waals surface area contributed by atoms with Crippen molar-refractivity contribution in [3.8, 4) is 5.69 Å². The lowest BCUT2D eigenvalue weighted by Crippen LogP contribution is -2.42. The first-order valence-corrected chi connectivity index (χ1v) is 10.3. The summed E-state index contributed by atoms with van der Waals surface area (Å²) in [5.74, 6) is -1.99. The first-order chi connectivity index (χ1) is 15.8. The molecule has 1 N–H and O–H groups in total. The number of benzene rings is 2. The van der Waals surface area contributed by atoms with Gasteiger partial charge < -0.3 is 5.32 Å². The Kier molecular flexibility index (Phi) is 4.81. The Hall–Kier alpha value is -3.95. The second-order valence-corrected chi connectivity index (χ2v) is 8.00. The van der Waals surface area contributed by atoms with Crippen LogP contribution in [0.25, 0.3) is 16.7 Å². The van der Waals surface area contributed by atoms with E-state index in [-0.39, 0.29) is 22.8 Å². The fourth-order valence-electron chi connectivity index (χ4n) is 3.94. The molecule has 7 nitrogen and oxygen atoms in total. The Bertz CT molecular complexity index is 1580. The normalized spacial score (nSPS) is 13.4. The van der Waals surface area contributed by atoms with Crippen LogP contribution in [-0.4, -0.2) is 21.5 Å². The van der Waals surface area contributed by atoms with Gasteiger partial charge in [-0.25, -0.2) is 18.1 Å². The summed E-state index contributed by atoms with van der Waals surface area (Å²) in [6, 6.07) is 10.6. The molecule has 4 aromatic rings. The molecule has 0 bridgehead atoms. The third kappa shape index (κ3) is 3.38. The second-order valence-electron chi connectivity index (χ2n) is 8.00. The van der Waals surface area contributed by atoms with Crippen LogP contribution in [0.1, 0.15) is 18.9 Å². The van der Waals surface area contributed by atoms with Crippen LogP contribution in [-0.2, 0) is 7.05 Å². The maximum atomic E-state index is 14.8. The monoisotopic (exact) mass is 446 g/mol. The Morgan fingerprint density at radius 1 is 1.00 bits per heavy atom. The summed E-state index contributed by atoms with van der Waals surface area (Å²) >= 11 is 0. The van der Waals surface area contributed by atoms with Gasteiger partial charge in [0.1, 0.15) is 36.2 Å². The van der Waals surface area contributed by atoms with Crippen molar-refractivity contribution in [1.82, 2.24) is 13.7 Å². The zero-order valence-corrected chi connectivity index (χ0v) is 17.5. The summed E-state index contributed by atoms with van der Waals surface area (Å²) in [7, 11) is 7.07. The summed E-state index contributed by atoms with van der Waals surface area (Å²) in [4.78, 5) is 39.7. The number of aromatic nitrogens is 3. The highest BCUT2D eigenvalue weighted by molar-refractivity contribution is 6.32. The summed E-state index contributed by atoms with van der Waals surface area (Å²) < 4.78 is 32.4. The largest absolute Gasteiger partial charge is 0.355 e. The van der Waals surface area contributed by atoms with Crippen LogP contribution in [0.5, 0.6) is 0 Å². The van der Waals surface area contributed by atoms with E-state index in [1.165, 1.54) is 19.2 Å². The number of nitrogens with one attached hydrogen (secondary N) is 1. The van der Waals surface area contributed by atoms with Crippen molar-refractivity contribution >= 4 is 35.7 Å². The van der Waals surface area contributed by atoms with Gasteiger partial charge in [0.2, 0.25) is 0 Å². The van der Waals surface area contributed by atoms with E-state index in [4.69, 9.17) is 7.85 Å². The molecule has 1 aliphatic rings. The quantitative estimate of drug-likeness (QED) is 0.487. The average Bonchev–Trinajstić information content (AvgIpc) is 3.60. The van der Waals surface area contributed by atoms with Gasteiger partial charge >= 0.3 is 5.69 Å². The minimum absolute atomic E-state index is 0.0388. The van der Waals surface area contributed by atoms with Gasteiger partial charge in [0, 0.05) is 24.8 Å². The van der Waals surface area contributed by atoms with Gasteiger partial charge in [0.05, 0.1) is 5.69 Å². The molecule has 2 aromatic carbocycles. The molecule has 0 unspecified atom stereocenters. The molecule has 2 radical (unpaired) electrons. The molecule has 33 heavy (non-hydrogen) atoms. The van der Waals surface area contributed by atoms with E-state index < -0.39 is 34.1 Å². The van der Waals surface area contributed by atoms with Crippen LogP contribution in [0.2, 0.25) is 0 Å². The molecule has 1 fully saturated rings. The summed E-state index contributed by atoms with van der Waals surface area (Å²) in [6.07, 6.45) is 1.18. The maximum absolute atomic E-state index is 14.8. The number of fused-ring (bicyclic) bond motifs is 1. The third-order valence-corrected chi connectivity index (χ3v) is 5.71. The van der Waals surface area contributed by atoms with Gasteiger partial charge in [-0.15, -0.1) is 0 Å². The second kappa shape index (κ2) is 7.58. The lowest BCUT2D eigenvalue weighted by molar-refractivity contribution is 0.554. The Labute approximate surface area is 186 Å². The number of hydrogen-bond acceptors (Lipinski definition) is 4. The average molecular weight is 446 g/mol. The molecule has 10 heteroatoms. The van der Waals surface area contributed by atoms with Gasteiger partial charge in [-0.3, -0.25) is 18.7 Å². The first kappa shape index (κ1) is 20.9. The predicted molar refractivity (Wildman–Crippen MR) is 122 cm³/mol. The van der Waals surface area contributed by atoms with E-state index in [9.17, 15) is 23.2 Å². The van der Waals surface area contributed by atoms with Crippen LogP contribution in [0, 0.1) is 11.6 Å². The molecular formula is C23H17BF2N4O3. The lowest BCUT2D eigenvalue weighted by Gasteiger charge is -2.19. The number of halogens is 2. The minimum atomic E-state index is -0.997. The number of para-hydroxylation sites is 1. The summed E-state index contributed by atoms with van der Waals surface area (Å²) in [5, 5.41) is 2.97. The molecular weight excluding hydrogens is 429 g/mol. The molecule has 0 saturated heterocycles. The van der Waals surface area contributed by atoms with Crippen molar-refractivity contribution in [3.63, 3.8) is 0 Å². The zero-order chi connectivity index (χ0) is 23.4. The summed E-state index contributed by atoms with van der Waals surface area (Å²) in [5.41, 5.74) is -1.81. The van der Waals surface area contributed by atoms with Gasteiger partial charge in [-0.2, -0.15) is 0 Å². The van der Waals surface area contributed by atoms with Crippen LogP contribution in [0.3, 0.4) is 0 Å². The topological polar surface area (TPSA) is 78.0 Å². The number of rotatable bonds is 4. The van der Waals surface area contributed by atoms with Crippen LogP contribution < -0.4 is 27.6 Å². The molecule has 1 saturated carbocycles. The third-order valence-electron chi connectivity index (χ3n) is 5.71. The number of aryl methyl sites for hydroxylation is 1. The minimum Gasteiger partial charge on any atom is -0.355 e. The SMILES string of the molecule is [B]c1ccc(Nc2cc(=O)n(C)c3c2c(=O)n(C2CC2)c(=O)n3-c2c(F)cccc2F)cc1. The highest BCUT2D eigenvalue weighted by Gasteiger charge is 2.32. The van der Waals surface area contributed by atoms with Crippen LogP contribution in [0.4, 0.5) is 20.2 Å². The van der Waals surface area contributed by atoms with Gasteiger partial charge in [0.15, 0.2) is 0 Å². The molecule has 0 amide bonds. The van der Waals surface area contributed by atoms with Crippen molar-refractivity contribution in [2.75, 3.05) is 5.32 Å². The molecule has 5 rings (SSSR count). The number of anilines is 2. The molecule has 2 heterocycles. The van der Waals surface area contributed by atoms with E-state index in [0.29, 0.717) is 24.0 Å². The van der Waals surface area contributed by atoms with Gasteiger partial charge in [-0.05, 0) is 37.1 Å². The van der Waals surface area contributed by atoms with Gasteiger partial charge in [-0.1, -0.05) is 23.7 Å². The van der Waals surface area contributed by atoms with E-state index in [1.54, 1.807) is 24.3 Å². The Balaban J connectivity index is 1.94. The molecule has 2 aromatic heterocycles. The molecule has 0 spiro atoms. The fraction of sp³-hybridized carbons (Fsp3) is 0.174. The zero-order valence-electron chi connectivity index (χ0n) is 17.5. The van der Waals surface area contributed by atoms with E-state index in [2.05, 4.69) is 5.32 Å². The number of nitrogens with zero attached hydrogens (tertiary/aromatic N) is 3. The Morgan fingerprint density at radius 2 is 1.64 bits per heavy atom. The predicted octanol–water partition coefficient (Wildman–Crippen LogP) is 2.00. The molecule has 164 valence electrons.